The molecule has 128 valence electrons. The maximum absolute atomic E-state index is 10.3. The predicted octanol–water partition coefficient (Wildman–Crippen LogP) is 1.31. The van der Waals surface area contributed by atoms with Crippen LogP contribution >= 0.6 is 0 Å². The van der Waals surface area contributed by atoms with Crippen molar-refractivity contribution < 1.29 is 19.5 Å². The van der Waals surface area contributed by atoms with Gasteiger partial charge >= 0.3 is 0 Å². The fraction of sp³-hybridized carbons (Fsp3) is 0.368. The minimum atomic E-state index is 0.264. The molecule has 0 bridgehead atoms. The molecule has 5 nitrogen and oxygen atoms in total. The number of ether oxygens (including phenoxy) is 2. The first kappa shape index (κ1) is 16.5. The van der Waals surface area contributed by atoms with E-state index in [1.807, 2.05) is 30.3 Å². The molecule has 1 aliphatic rings. The Morgan fingerprint density at radius 3 is 2.33 bits per heavy atom. The maximum Gasteiger partial charge on any atom is 0.166 e. The van der Waals surface area contributed by atoms with E-state index < -0.39 is 0 Å². The van der Waals surface area contributed by atoms with Crippen LogP contribution < -0.4 is 19.3 Å². The number of hydrogen-bond acceptors (Lipinski definition) is 4. The Balaban J connectivity index is 1.63. The summed E-state index contributed by atoms with van der Waals surface area (Å²) in [7, 11) is 3.30. The molecule has 0 aromatic heterocycles. The van der Waals surface area contributed by atoms with Gasteiger partial charge in [0.25, 0.3) is 0 Å². The molecule has 0 aliphatic carbocycles. The zero-order valence-corrected chi connectivity index (χ0v) is 14.3. The van der Waals surface area contributed by atoms with Crippen LogP contribution in [-0.4, -0.2) is 45.5 Å². The third kappa shape index (κ3) is 3.41. The molecule has 1 saturated heterocycles. The quantitative estimate of drug-likeness (QED) is 0.868. The number of para-hydroxylation sites is 3. The number of benzene rings is 2. The minimum Gasteiger partial charge on any atom is -0.504 e. The molecular weight excluding hydrogens is 304 g/mol. The molecule has 0 radical (unpaired) electrons. The molecule has 0 spiro atoms. The molecule has 1 heterocycles. The van der Waals surface area contributed by atoms with Crippen LogP contribution in [0.3, 0.4) is 0 Å². The van der Waals surface area contributed by atoms with Gasteiger partial charge in [-0.15, -0.1) is 0 Å². The molecule has 0 amide bonds. The summed E-state index contributed by atoms with van der Waals surface area (Å²) in [6.07, 6.45) is 0. The van der Waals surface area contributed by atoms with Gasteiger partial charge in [-0.25, -0.2) is 0 Å². The lowest BCUT2D eigenvalue weighted by Gasteiger charge is -2.34. The van der Waals surface area contributed by atoms with Gasteiger partial charge in [-0.2, -0.15) is 0 Å². The van der Waals surface area contributed by atoms with Crippen molar-refractivity contribution in [3.8, 4) is 17.2 Å². The number of methoxy groups -OCH3 is 2. The number of phenolic OH excluding ortho intramolecular Hbond substituents is 1. The number of phenols is 1. The molecular formula is C19H25N2O3+. The third-order valence-corrected chi connectivity index (χ3v) is 4.64. The molecule has 2 aromatic rings. The summed E-state index contributed by atoms with van der Waals surface area (Å²) in [5, 5.41) is 10.3. The van der Waals surface area contributed by atoms with E-state index in [1.54, 1.807) is 20.3 Å². The van der Waals surface area contributed by atoms with Crippen molar-refractivity contribution in [2.75, 3.05) is 45.3 Å². The van der Waals surface area contributed by atoms with Gasteiger partial charge in [0.15, 0.2) is 11.5 Å². The Labute approximate surface area is 143 Å². The highest BCUT2D eigenvalue weighted by atomic mass is 16.5. The highest BCUT2D eigenvalue weighted by Gasteiger charge is 2.23. The Hall–Kier alpha value is -2.40. The zero-order valence-electron chi connectivity index (χ0n) is 14.3. The summed E-state index contributed by atoms with van der Waals surface area (Å²) in [6, 6.07) is 13.8. The van der Waals surface area contributed by atoms with E-state index in [0.29, 0.717) is 5.75 Å². The summed E-state index contributed by atoms with van der Waals surface area (Å²) < 4.78 is 10.7. The lowest BCUT2D eigenvalue weighted by molar-refractivity contribution is -0.914. The van der Waals surface area contributed by atoms with Gasteiger partial charge in [0.2, 0.25) is 0 Å². The fourth-order valence-electron chi connectivity index (χ4n) is 3.28. The molecule has 0 saturated carbocycles. The second kappa shape index (κ2) is 7.45. The number of aromatic hydroxyl groups is 1. The number of anilines is 1. The van der Waals surface area contributed by atoms with E-state index >= 15 is 0 Å². The Bertz CT molecular complexity index is 682. The molecule has 1 fully saturated rings. The molecule has 0 unspecified atom stereocenters. The van der Waals surface area contributed by atoms with Gasteiger partial charge in [-0.3, -0.25) is 0 Å². The topological polar surface area (TPSA) is 46.4 Å². The summed E-state index contributed by atoms with van der Waals surface area (Å²) in [5.41, 5.74) is 2.10. The number of quaternary nitrogens is 1. The number of rotatable bonds is 5. The second-order valence-corrected chi connectivity index (χ2v) is 6.05. The molecule has 2 N–H and O–H groups in total. The molecule has 3 rings (SSSR count). The molecule has 0 atom stereocenters. The average molecular weight is 329 g/mol. The van der Waals surface area contributed by atoms with E-state index in [0.717, 1.165) is 49.7 Å². The van der Waals surface area contributed by atoms with Crippen LogP contribution in [0.1, 0.15) is 5.56 Å². The highest BCUT2D eigenvalue weighted by Crippen LogP contribution is 2.29. The number of nitrogens with one attached hydrogen (secondary N) is 1. The van der Waals surface area contributed by atoms with Crippen LogP contribution in [-0.2, 0) is 6.54 Å². The summed E-state index contributed by atoms with van der Waals surface area (Å²) in [5.74, 6) is 1.73. The van der Waals surface area contributed by atoms with Gasteiger partial charge in [-0.05, 0) is 24.3 Å². The minimum absolute atomic E-state index is 0.264. The standard InChI is InChI=1S/C19H24N2O3/c1-23-17-8-4-3-7-16(17)21-12-10-20(11-13-21)14-15-6-5-9-18(24-2)19(15)22/h3-9,22H,10-14H2,1-2H3/p+1. The van der Waals surface area contributed by atoms with E-state index in [2.05, 4.69) is 11.0 Å². The van der Waals surface area contributed by atoms with Crippen molar-refractivity contribution in [3.05, 3.63) is 48.0 Å². The maximum atomic E-state index is 10.3. The van der Waals surface area contributed by atoms with Gasteiger partial charge in [0.05, 0.1) is 51.6 Å². The predicted molar refractivity (Wildman–Crippen MR) is 94.3 cm³/mol. The van der Waals surface area contributed by atoms with Crippen LogP contribution in [0.5, 0.6) is 17.2 Å². The number of hydrogen-bond donors (Lipinski definition) is 2. The summed E-state index contributed by atoms with van der Waals surface area (Å²) >= 11 is 0. The van der Waals surface area contributed by atoms with E-state index in [9.17, 15) is 5.11 Å². The summed E-state index contributed by atoms with van der Waals surface area (Å²) in [6.45, 7) is 4.80. The zero-order chi connectivity index (χ0) is 16.9. The van der Waals surface area contributed by atoms with Crippen molar-refractivity contribution >= 4 is 5.69 Å². The molecule has 24 heavy (non-hydrogen) atoms. The fourth-order valence-corrected chi connectivity index (χ4v) is 3.28. The lowest BCUT2D eigenvalue weighted by atomic mass is 10.1. The van der Waals surface area contributed by atoms with Crippen molar-refractivity contribution in [1.29, 1.82) is 0 Å². The van der Waals surface area contributed by atoms with Crippen LogP contribution in [0.25, 0.3) is 0 Å². The van der Waals surface area contributed by atoms with Crippen molar-refractivity contribution in [1.82, 2.24) is 0 Å². The van der Waals surface area contributed by atoms with Crippen LogP contribution in [0.2, 0.25) is 0 Å². The first-order valence-corrected chi connectivity index (χ1v) is 8.29. The SMILES string of the molecule is COc1ccccc1N1CC[NH+](Cc2cccc(OC)c2O)CC1. The first-order chi connectivity index (χ1) is 11.7. The monoisotopic (exact) mass is 329 g/mol. The number of piperazine rings is 1. The largest absolute Gasteiger partial charge is 0.504 e. The molecule has 5 heteroatoms. The highest BCUT2D eigenvalue weighted by molar-refractivity contribution is 5.58. The molecule has 2 aromatic carbocycles. The van der Waals surface area contributed by atoms with E-state index in [4.69, 9.17) is 9.47 Å². The Kier molecular flexibility index (Phi) is 5.11. The third-order valence-electron chi connectivity index (χ3n) is 4.64. The lowest BCUT2D eigenvalue weighted by Crippen LogP contribution is -3.13. The van der Waals surface area contributed by atoms with Crippen molar-refractivity contribution in [2.24, 2.45) is 0 Å². The van der Waals surface area contributed by atoms with Gasteiger partial charge in [0, 0.05) is 0 Å². The van der Waals surface area contributed by atoms with Gasteiger partial charge < -0.3 is 24.4 Å². The van der Waals surface area contributed by atoms with Gasteiger partial charge in [0.1, 0.15) is 12.3 Å². The Morgan fingerprint density at radius 2 is 1.62 bits per heavy atom. The van der Waals surface area contributed by atoms with Gasteiger partial charge in [-0.1, -0.05) is 18.2 Å². The second-order valence-electron chi connectivity index (χ2n) is 6.05. The normalized spacial score (nSPS) is 15.3. The van der Waals surface area contributed by atoms with Crippen LogP contribution in [0.4, 0.5) is 5.69 Å². The average Bonchev–Trinajstić information content (AvgIpc) is 2.64. The van der Waals surface area contributed by atoms with E-state index in [1.165, 1.54) is 4.90 Å². The van der Waals surface area contributed by atoms with E-state index in [-0.39, 0.29) is 5.75 Å². The number of nitrogens with zero attached hydrogens (tertiary/aromatic N) is 1. The van der Waals surface area contributed by atoms with Crippen molar-refractivity contribution in [3.63, 3.8) is 0 Å². The van der Waals surface area contributed by atoms with Crippen LogP contribution in [0.15, 0.2) is 42.5 Å². The smallest absolute Gasteiger partial charge is 0.166 e. The summed E-state index contributed by atoms with van der Waals surface area (Å²) in [4.78, 5) is 3.83. The van der Waals surface area contributed by atoms with Crippen molar-refractivity contribution in [2.45, 2.75) is 6.54 Å². The molecule has 1 aliphatic heterocycles. The Morgan fingerprint density at radius 1 is 0.958 bits per heavy atom. The van der Waals surface area contributed by atoms with Crippen LogP contribution in [0, 0.1) is 0 Å². The first-order valence-electron chi connectivity index (χ1n) is 8.29.